The third-order valence-electron chi connectivity index (χ3n) is 4.15. The van der Waals surface area contributed by atoms with Crippen molar-refractivity contribution in [2.45, 2.75) is 31.7 Å². The molecule has 1 fully saturated rings. The number of carbonyl (C=O) groups excluding carboxylic acids is 1. The van der Waals surface area contributed by atoms with Crippen molar-refractivity contribution in [2.24, 2.45) is 4.99 Å². The van der Waals surface area contributed by atoms with Gasteiger partial charge in [-0.3, -0.25) is 9.56 Å². The number of esters is 1. The van der Waals surface area contributed by atoms with Gasteiger partial charge in [0.25, 0.3) is 0 Å². The molecule has 0 unspecified atom stereocenters. The third kappa shape index (κ3) is 3.42. The second-order valence-electron chi connectivity index (χ2n) is 5.66. The lowest BCUT2D eigenvalue weighted by Crippen LogP contribution is -2.03. The Labute approximate surface area is 149 Å². The monoisotopic (exact) mass is 362 g/mol. The standard InChI is InChI=1S/C17H18N2O3S2/c1-22-16(21)11-6-8-12(9-7-11)18-10-14-15(20)19(17(23)24-14)13-4-2-3-5-13/h6-10,13,20H,2-5H2,1H3. The van der Waals surface area contributed by atoms with Crippen LogP contribution in [0.25, 0.3) is 0 Å². The van der Waals surface area contributed by atoms with Gasteiger partial charge in [-0.2, -0.15) is 0 Å². The maximum atomic E-state index is 11.4. The average molecular weight is 362 g/mol. The Kier molecular flexibility index (Phi) is 5.11. The van der Waals surface area contributed by atoms with Gasteiger partial charge in [0.15, 0.2) is 3.95 Å². The largest absolute Gasteiger partial charge is 0.493 e. The van der Waals surface area contributed by atoms with E-state index in [1.165, 1.54) is 31.3 Å². The predicted octanol–water partition coefficient (Wildman–Crippen LogP) is 4.64. The number of methoxy groups -OCH3 is 1. The SMILES string of the molecule is COC(=O)c1ccc(N=Cc2sc(=S)n(C3CCCC3)c2O)cc1. The second-order valence-corrected chi connectivity index (χ2v) is 7.34. The molecule has 0 aliphatic heterocycles. The van der Waals surface area contributed by atoms with Crippen molar-refractivity contribution >= 4 is 41.4 Å². The number of hydrogen-bond acceptors (Lipinski definition) is 6. The fraction of sp³-hybridized carbons (Fsp3) is 0.353. The van der Waals surface area contributed by atoms with Gasteiger partial charge in [0.2, 0.25) is 5.88 Å². The summed E-state index contributed by atoms with van der Waals surface area (Å²) in [6.07, 6.45) is 6.10. The first kappa shape index (κ1) is 16.9. The zero-order chi connectivity index (χ0) is 17.1. The molecule has 0 spiro atoms. The molecule has 1 aliphatic rings. The minimum atomic E-state index is -0.380. The van der Waals surface area contributed by atoms with Crippen molar-refractivity contribution in [3.63, 3.8) is 0 Å². The minimum Gasteiger partial charge on any atom is -0.493 e. The number of aliphatic imine (C=N–C) groups is 1. The molecule has 1 aromatic carbocycles. The average Bonchev–Trinajstić information content (AvgIpc) is 3.20. The summed E-state index contributed by atoms with van der Waals surface area (Å²) in [7, 11) is 1.35. The van der Waals surface area contributed by atoms with Crippen LogP contribution >= 0.6 is 23.6 Å². The Bertz CT molecular complexity index is 815. The summed E-state index contributed by atoms with van der Waals surface area (Å²) < 4.78 is 7.20. The summed E-state index contributed by atoms with van der Waals surface area (Å²) in [6.45, 7) is 0. The van der Waals surface area contributed by atoms with E-state index in [4.69, 9.17) is 12.2 Å². The number of nitrogens with zero attached hydrogens (tertiary/aromatic N) is 2. The normalized spacial score (nSPS) is 15.2. The number of aromatic nitrogens is 1. The summed E-state index contributed by atoms with van der Waals surface area (Å²) in [4.78, 5) is 16.4. The smallest absolute Gasteiger partial charge is 0.337 e. The van der Waals surface area contributed by atoms with Crippen molar-refractivity contribution < 1.29 is 14.6 Å². The molecule has 7 heteroatoms. The van der Waals surface area contributed by atoms with Gasteiger partial charge in [-0.25, -0.2) is 4.79 Å². The molecule has 24 heavy (non-hydrogen) atoms. The number of hydrogen-bond donors (Lipinski definition) is 1. The molecule has 1 saturated carbocycles. The summed E-state index contributed by atoms with van der Waals surface area (Å²) in [5.74, 6) is -0.179. The van der Waals surface area contributed by atoms with Gasteiger partial charge in [0.1, 0.15) is 4.88 Å². The predicted molar refractivity (Wildman–Crippen MR) is 97.3 cm³/mol. The van der Waals surface area contributed by atoms with Crippen LogP contribution in [-0.4, -0.2) is 29.0 Å². The molecule has 1 N–H and O–H groups in total. The molecule has 1 heterocycles. The molecule has 1 aromatic heterocycles. The molecule has 5 nitrogen and oxygen atoms in total. The van der Waals surface area contributed by atoms with Crippen LogP contribution in [0.5, 0.6) is 5.88 Å². The number of rotatable bonds is 4. The first-order valence-corrected chi connectivity index (χ1v) is 8.99. The Morgan fingerprint density at radius 3 is 2.67 bits per heavy atom. The highest BCUT2D eigenvalue weighted by atomic mass is 32.1. The number of aromatic hydroxyl groups is 1. The van der Waals surface area contributed by atoms with Gasteiger partial charge in [-0.1, -0.05) is 24.2 Å². The van der Waals surface area contributed by atoms with Gasteiger partial charge in [-0.05, 0) is 49.3 Å². The van der Waals surface area contributed by atoms with E-state index in [1.807, 2.05) is 4.57 Å². The molecular weight excluding hydrogens is 344 g/mol. The lowest BCUT2D eigenvalue weighted by Gasteiger charge is -2.11. The zero-order valence-electron chi connectivity index (χ0n) is 13.3. The van der Waals surface area contributed by atoms with Crippen LogP contribution in [0.15, 0.2) is 29.3 Å². The van der Waals surface area contributed by atoms with Crippen molar-refractivity contribution in [1.29, 1.82) is 0 Å². The van der Waals surface area contributed by atoms with E-state index in [-0.39, 0.29) is 11.8 Å². The van der Waals surface area contributed by atoms with Crippen LogP contribution in [0.3, 0.4) is 0 Å². The molecule has 0 radical (unpaired) electrons. The molecule has 0 saturated heterocycles. The molecule has 126 valence electrons. The van der Waals surface area contributed by atoms with E-state index in [9.17, 15) is 9.90 Å². The van der Waals surface area contributed by atoms with Crippen LogP contribution in [0.2, 0.25) is 0 Å². The fourth-order valence-corrected chi connectivity index (χ4v) is 4.22. The van der Waals surface area contributed by atoms with Gasteiger partial charge >= 0.3 is 5.97 Å². The van der Waals surface area contributed by atoms with Crippen LogP contribution in [0.1, 0.15) is 47.0 Å². The summed E-state index contributed by atoms with van der Waals surface area (Å²) in [6, 6.07) is 7.07. The molecule has 0 atom stereocenters. The third-order valence-corrected chi connectivity index (χ3v) is 5.48. The molecule has 3 rings (SSSR count). The van der Waals surface area contributed by atoms with Crippen LogP contribution in [0, 0.1) is 3.95 Å². The molecule has 0 amide bonds. The van der Waals surface area contributed by atoms with Gasteiger partial charge in [0, 0.05) is 6.04 Å². The highest BCUT2D eigenvalue weighted by Gasteiger charge is 2.22. The Balaban J connectivity index is 1.81. The van der Waals surface area contributed by atoms with Gasteiger partial charge in [-0.15, -0.1) is 0 Å². The highest BCUT2D eigenvalue weighted by Crippen LogP contribution is 2.36. The molecule has 1 aliphatic carbocycles. The first-order valence-electron chi connectivity index (χ1n) is 7.77. The lowest BCUT2D eigenvalue weighted by molar-refractivity contribution is 0.0601. The number of ether oxygens (including phenoxy) is 1. The lowest BCUT2D eigenvalue weighted by atomic mass is 10.2. The quantitative estimate of drug-likeness (QED) is 0.489. The highest BCUT2D eigenvalue weighted by molar-refractivity contribution is 7.73. The Morgan fingerprint density at radius 2 is 2.04 bits per heavy atom. The van der Waals surface area contributed by atoms with Crippen molar-refractivity contribution in [3.05, 3.63) is 38.7 Å². The van der Waals surface area contributed by atoms with Gasteiger partial charge < -0.3 is 9.84 Å². The molecule has 2 aromatic rings. The van der Waals surface area contributed by atoms with Crippen LogP contribution in [0.4, 0.5) is 5.69 Å². The Hall–Kier alpha value is -1.99. The first-order chi connectivity index (χ1) is 11.6. The maximum absolute atomic E-state index is 11.4. The number of carbonyl (C=O) groups is 1. The minimum absolute atomic E-state index is 0.201. The number of benzene rings is 1. The summed E-state index contributed by atoms with van der Waals surface area (Å²) >= 11 is 6.76. The second kappa shape index (κ2) is 7.27. The van der Waals surface area contributed by atoms with E-state index in [1.54, 1.807) is 30.5 Å². The zero-order valence-corrected chi connectivity index (χ0v) is 14.9. The fourth-order valence-electron chi connectivity index (χ4n) is 2.90. The van der Waals surface area contributed by atoms with E-state index in [0.29, 0.717) is 26.1 Å². The van der Waals surface area contributed by atoms with E-state index in [2.05, 4.69) is 9.73 Å². The van der Waals surface area contributed by atoms with Gasteiger partial charge in [0.05, 0.1) is 24.6 Å². The maximum Gasteiger partial charge on any atom is 0.337 e. The van der Waals surface area contributed by atoms with Crippen LogP contribution < -0.4 is 0 Å². The van der Waals surface area contributed by atoms with E-state index < -0.39 is 0 Å². The Morgan fingerprint density at radius 1 is 1.38 bits per heavy atom. The summed E-state index contributed by atoms with van der Waals surface area (Å²) in [5.41, 5.74) is 1.16. The summed E-state index contributed by atoms with van der Waals surface area (Å²) in [5, 5.41) is 10.5. The van der Waals surface area contributed by atoms with E-state index in [0.717, 1.165) is 12.8 Å². The van der Waals surface area contributed by atoms with Crippen LogP contribution in [-0.2, 0) is 4.74 Å². The van der Waals surface area contributed by atoms with Crippen molar-refractivity contribution in [3.8, 4) is 5.88 Å². The molecule has 0 bridgehead atoms. The van der Waals surface area contributed by atoms with Crippen molar-refractivity contribution in [1.82, 2.24) is 4.57 Å². The van der Waals surface area contributed by atoms with E-state index >= 15 is 0 Å². The van der Waals surface area contributed by atoms with Crippen molar-refractivity contribution in [2.75, 3.05) is 7.11 Å². The number of thiazole rings is 1. The molecular formula is C17H18N2O3S2. The topological polar surface area (TPSA) is 63.8 Å².